The number of rotatable bonds is 15. The molecule has 0 aliphatic rings. The summed E-state index contributed by atoms with van der Waals surface area (Å²) in [6.07, 6.45) is 1.55. The van der Waals surface area contributed by atoms with Gasteiger partial charge in [0.25, 0.3) is 5.91 Å². The van der Waals surface area contributed by atoms with E-state index in [2.05, 4.69) is 36.8 Å². The first kappa shape index (κ1) is 36.4. The number of nitrogens with one attached hydrogen (secondary N) is 2. The zero-order chi connectivity index (χ0) is 36.3. The monoisotopic (exact) mass is 796 g/mol. The number of thiazole rings is 1. The van der Waals surface area contributed by atoms with Gasteiger partial charge in [-0.3, -0.25) is 4.79 Å². The SMILES string of the molecule is CCOc1cc(/C=N\NC(=O)c2ccc(-c3csc(Nc4ccc(Cl)cc4)n3)cc2)cc(Br)c1OCc1ccc(OCc2ccccc2)c(OC)c1. The Labute approximate surface area is 319 Å². The van der Waals surface area contributed by atoms with E-state index < -0.39 is 0 Å². The van der Waals surface area contributed by atoms with E-state index in [1.807, 2.05) is 103 Å². The molecule has 0 fully saturated rings. The molecule has 6 aromatic rings. The number of ether oxygens (including phenoxy) is 4. The molecule has 2 N–H and O–H groups in total. The fourth-order valence-electron chi connectivity index (χ4n) is 5.02. The molecule has 52 heavy (non-hydrogen) atoms. The van der Waals surface area contributed by atoms with Crippen LogP contribution >= 0.6 is 38.9 Å². The minimum absolute atomic E-state index is 0.264. The average molecular weight is 798 g/mol. The van der Waals surface area contributed by atoms with Crippen LogP contribution < -0.4 is 29.7 Å². The van der Waals surface area contributed by atoms with E-state index in [1.165, 1.54) is 11.3 Å². The number of carbonyl (C=O) groups excluding carboxylic acids is 1. The lowest BCUT2D eigenvalue weighted by molar-refractivity contribution is 0.0955. The number of hydrogen-bond donors (Lipinski definition) is 2. The van der Waals surface area contributed by atoms with Crippen molar-refractivity contribution in [1.82, 2.24) is 10.4 Å². The highest BCUT2D eigenvalue weighted by Gasteiger charge is 2.14. The number of methoxy groups -OCH3 is 1. The van der Waals surface area contributed by atoms with Gasteiger partial charge in [0, 0.05) is 27.2 Å². The molecule has 0 spiro atoms. The van der Waals surface area contributed by atoms with Crippen molar-refractivity contribution in [1.29, 1.82) is 0 Å². The van der Waals surface area contributed by atoms with Crippen molar-refractivity contribution in [3.05, 3.63) is 146 Å². The van der Waals surface area contributed by atoms with Crippen molar-refractivity contribution in [3.63, 3.8) is 0 Å². The Kier molecular flexibility index (Phi) is 12.4. The van der Waals surface area contributed by atoms with E-state index in [4.69, 9.17) is 30.5 Å². The van der Waals surface area contributed by atoms with Gasteiger partial charge in [0.05, 0.1) is 30.1 Å². The second-order valence-corrected chi connectivity index (χ2v) is 13.4. The van der Waals surface area contributed by atoms with E-state index in [0.29, 0.717) is 56.8 Å². The minimum atomic E-state index is -0.345. The number of hydrazone groups is 1. The second kappa shape index (κ2) is 17.7. The van der Waals surface area contributed by atoms with Crippen LogP contribution in [0.1, 0.15) is 34.0 Å². The van der Waals surface area contributed by atoms with Gasteiger partial charge in [0.2, 0.25) is 0 Å². The summed E-state index contributed by atoms with van der Waals surface area (Å²) in [5.74, 6) is 1.99. The van der Waals surface area contributed by atoms with Gasteiger partial charge in [-0.25, -0.2) is 10.4 Å². The highest BCUT2D eigenvalue weighted by molar-refractivity contribution is 9.10. The van der Waals surface area contributed by atoms with Crippen LogP contribution in [0, 0.1) is 0 Å². The fourth-order valence-corrected chi connectivity index (χ4v) is 6.46. The molecule has 0 atom stereocenters. The number of carbonyl (C=O) groups is 1. The molecule has 1 heterocycles. The van der Waals surface area contributed by atoms with Gasteiger partial charge in [-0.1, -0.05) is 60.1 Å². The van der Waals surface area contributed by atoms with Crippen LogP contribution in [0.4, 0.5) is 10.8 Å². The maximum atomic E-state index is 12.9. The molecular formula is C40H34BrClN4O5S. The van der Waals surface area contributed by atoms with E-state index in [-0.39, 0.29) is 12.5 Å². The van der Waals surface area contributed by atoms with E-state index in [0.717, 1.165) is 33.2 Å². The first-order valence-electron chi connectivity index (χ1n) is 16.2. The Morgan fingerprint density at radius 3 is 2.38 bits per heavy atom. The Balaban J connectivity index is 1.05. The van der Waals surface area contributed by atoms with Gasteiger partial charge in [-0.05, 0) is 100 Å². The lowest BCUT2D eigenvalue weighted by Crippen LogP contribution is -2.17. The summed E-state index contributed by atoms with van der Waals surface area (Å²) in [7, 11) is 1.61. The third kappa shape index (κ3) is 9.70. The van der Waals surface area contributed by atoms with E-state index in [1.54, 1.807) is 31.5 Å². The zero-order valence-electron chi connectivity index (χ0n) is 28.3. The molecule has 5 aromatic carbocycles. The summed E-state index contributed by atoms with van der Waals surface area (Å²) in [5, 5.41) is 10.8. The topological polar surface area (TPSA) is 103 Å². The number of halogens is 2. The first-order valence-corrected chi connectivity index (χ1v) is 18.3. The number of benzene rings is 5. The highest BCUT2D eigenvalue weighted by Crippen LogP contribution is 2.38. The first-order chi connectivity index (χ1) is 25.4. The standard InChI is InChI=1S/C40H34BrClN4O5S/c1-3-49-37-21-28(19-33(41)38(37)51-24-27-9-18-35(36(20-27)48-2)50-23-26-7-5-4-6-8-26)22-43-46-39(47)30-12-10-29(11-13-30)34-25-52-40(45-34)44-32-16-14-31(42)15-17-32/h4-22,25H,3,23-24H2,1-2H3,(H,44,45)(H,46,47)/b43-22-. The largest absolute Gasteiger partial charge is 0.493 e. The average Bonchev–Trinajstić information content (AvgIpc) is 3.63. The maximum Gasteiger partial charge on any atom is 0.271 e. The van der Waals surface area contributed by atoms with Crippen LogP contribution in [0.5, 0.6) is 23.0 Å². The van der Waals surface area contributed by atoms with Crippen molar-refractivity contribution in [2.24, 2.45) is 5.10 Å². The summed E-state index contributed by atoms with van der Waals surface area (Å²) in [4.78, 5) is 17.5. The molecule has 0 saturated heterocycles. The molecule has 264 valence electrons. The maximum absolute atomic E-state index is 12.9. The van der Waals surface area contributed by atoms with Crippen LogP contribution in [-0.4, -0.2) is 30.8 Å². The molecule has 1 aromatic heterocycles. The van der Waals surface area contributed by atoms with E-state index in [9.17, 15) is 4.79 Å². The van der Waals surface area contributed by atoms with Gasteiger partial charge in [0.15, 0.2) is 28.1 Å². The van der Waals surface area contributed by atoms with Gasteiger partial charge >= 0.3 is 0 Å². The Morgan fingerprint density at radius 2 is 1.63 bits per heavy atom. The molecule has 6 rings (SSSR count). The van der Waals surface area contributed by atoms with Crippen LogP contribution in [-0.2, 0) is 13.2 Å². The van der Waals surface area contributed by atoms with Gasteiger partial charge in [0.1, 0.15) is 13.2 Å². The second-order valence-electron chi connectivity index (χ2n) is 11.3. The Bertz CT molecular complexity index is 2150. The molecule has 1 amide bonds. The lowest BCUT2D eigenvalue weighted by atomic mass is 10.1. The normalized spacial score (nSPS) is 10.9. The van der Waals surface area contributed by atoms with E-state index >= 15 is 0 Å². The number of amides is 1. The number of aromatic nitrogens is 1. The number of hydrogen-bond acceptors (Lipinski definition) is 9. The molecule has 9 nitrogen and oxygen atoms in total. The van der Waals surface area contributed by atoms with Crippen molar-refractivity contribution in [2.45, 2.75) is 20.1 Å². The third-order valence-electron chi connectivity index (χ3n) is 7.60. The molecule has 0 aliphatic carbocycles. The Hall–Kier alpha value is -5.36. The number of anilines is 2. The molecule has 12 heteroatoms. The molecule has 0 aliphatic heterocycles. The third-order valence-corrected chi connectivity index (χ3v) is 9.20. The molecule has 0 radical (unpaired) electrons. The highest BCUT2D eigenvalue weighted by atomic mass is 79.9. The van der Waals surface area contributed by atoms with Crippen LogP contribution in [0.2, 0.25) is 5.02 Å². The van der Waals surface area contributed by atoms with Crippen LogP contribution in [0.25, 0.3) is 11.3 Å². The fraction of sp³-hybridized carbons (Fsp3) is 0.125. The summed E-state index contributed by atoms with van der Waals surface area (Å²) in [5.41, 5.74) is 8.30. The molecule has 0 bridgehead atoms. The zero-order valence-corrected chi connectivity index (χ0v) is 31.4. The van der Waals surface area contributed by atoms with Crippen LogP contribution in [0.15, 0.2) is 124 Å². The molecule has 0 saturated carbocycles. The van der Waals surface area contributed by atoms with Crippen molar-refractivity contribution < 1.29 is 23.7 Å². The number of nitrogens with zero attached hydrogens (tertiary/aromatic N) is 2. The quantitative estimate of drug-likeness (QED) is 0.0788. The predicted molar refractivity (Wildman–Crippen MR) is 211 cm³/mol. The molecule has 0 unspecified atom stereocenters. The Morgan fingerprint density at radius 1 is 0.865 bits per heavy atom. The van der Waals surface area contributed by atoms with Gasteiger partial charge in [-0.15, -0.1) is 11.3 Å². The van der Waals surface area contributed by atoms with Crippen molar-refractivity contribution in [3.8, 4) is 34.3 Å². The van der Waals surface area contributed by atoms with Crippen LogP contribution in [0.3, 0.4) is 0 Å². The summed E-state index contributed by atoms with van der Waals surface area (Å²) in [6, 6.07) is 33.9. The van der Waals surface area contributed by atoms with Gasteiger partial charge < -0.3 is 24.3 Å². The minimum Gasteiger partial charge on any atom is -0.493 e. The van der Waals surface area contributed by atoms with Crippen molar-refractivity contribution >= 4 is 61.8 Å². The van der Waals surface area contributed by atoms with Crippen molar-refractivity contribution in [2.75, 3.05) is 19.0 Å². The summed E-state index contributed by atoms with van der Waals surface area (Å²) >= 11 is 11.1. The lowest BCUT2D eigenvalue weighted by Gasteiger charge is -2.16. The van der Waals surface area contributed by atoms with Gasteiger partial charge in [-0.2, -0.15) is 5.10 Å². The predicted octanol–water partition coefficient (Wildman–Crippen LogP) is 10.3. The summed E-state index contributed by atoms with van der Waals surface area (Å²) in [6.45, 7) is 3.03. The summed E-state index contributed by atoms with van der Waals surface area (Å²) < 4.78 is 24.4. The molecular weight excluding hydrogens is 764 g/mol. The smallest absolute Gasteiger partial charge is 0.271 e.